The number of imidazole rings is 2. The number of carbonyl (C=O) groups is 1. The van der Waals surface area contributed by atoms with Gasteiger partial charge < -0.3 is 15.3 Å². The normalized spacial score (nSPS) is 19.6. The average Bonchev–Trinajstić information content (AvgIpc) is 3.29. The molecule has 1 saturated carbocycles. The number of nitrogens with zero attached hydrogens (tertiary/aromatic N) is 2. The zero-order valence-corrected chi connectivity index (χ0v) is 16.2. The fourth-order valence-corrected chi connectivity index (χ4v) is 4.38. The fraction of sp³-hybridized carbons (Fsp3) is 0.318. The van der Waals surface area contributed by atoms with Crippen molar-refractivity contribution in [3.05, 3.63) is 64.3 Å². The number of para-hydroxylation sites is 2. The van der Waals surface area contributed by atoms with Crippen LogP contribution in [-0.2, 0) is 7.05 Å². The van der Waals surface area contributed by atoms with Gasteiger partial charge in [0.05, 0.1) is 22.1 Å². The Morgan fingerprint density at radius 3 is 2.86 bits per heavy atom. The lowest BCUT2D eigenvalue weighted by atomic mass is 9.85. The van der Waals surface area contributed by atoms with Crippen LogP contribution in [0.5, 0.6) is 0 Å². The Kier molecular flexibility index (Phi) is 4.23. The predicted octanol–water partition coefficient (Wildman–Crippen LogP) is 3.20. The second-order valence-corrected chi connectivity index (χ2v) is 7.89. The van der Waals surface area contributed by atoms with Crippen molar-refractivity contribution in [2.45, 2.75) is 37.6 Å². The summed E-state index contributed by atoms with van der Waals surface area (Å²) in [6.07, 6.45) is 3.96. The maximum Gasteiger partial charge on any atom is 0.326 e. The monoisotopic (exact) mass is 389 g/mol. The second kappa shape index (κ2) is 6.92. The van der Waals surface area contributed by atoms with Gasteiger partial charge in [0, 0.05) is 24.6 Å². The number of carbonyl (C=O) groups excluding carboxylic acids is 1. The Labute approximate surface area is 167 Å². The van der Waals surface area contributed by atoms with Crippen molar-refractivity contribution in [3.8, 4) is 0 Å². The summed E-state index contributed by atoms with van der Waals surface area (Å²) in [5.74, 6) is 1.22. The number of H-pyrrole nitrogens is 2. The maximum atomic E-state index is 12.8. The molecule has 2 atom stereocenters. The standard InChI is InChI=1S/C22H23N5O2/c1-27-19-10-9-14(12-18(19)26-22(27)29)21(28)23-15-6-4-5-13(11-15)20-24-16-7-2-3-8-17(16)25-20/h2-3,7-10,12-13,15H,4-6,11H2,1H3,(H,23,28)(H,24,25)(H,26,29). The van der Waals surface area contributed by atoms with Crippen LogP contribution in [0.2, 0.25) is 0 Å². The molecule has 1 amide bonds. The van der Waals surface area contributed by atoms with Gasteiger partial charge in [-0.2, -0.15) is 0 Å². The molecular formula is C22H23N5O2. The molecule has 2 aromatic heterocycles. The van der Waals surface area contributed by atoms with Gasteiger partial charge in [0.1, 0.15) is 5.82 Å². The Balaban J connectivity index is 1.32. The molecule has 148 valence electrons. The topological polar surface area (TPSA) is 95.6 Å². The van der Waals surface area contributed by atoms with Crippen LogP contribution >= 0.6 is 0 Å². The van der Waals surface area contributed by atoms with Crippen LogP contribution in [0.1, 0.15) is 47.8 Å². The van der Waals surface area contributed by atoms with Crippen molar-refractivity contribution in [3.63, 3.8) is 0 Å². The summed E-state index contributed by atoms with van der Waals surface area (Å²) in [5, 5.41) is 3.18. The first-order valence-corrected chi connectivity index (χ1v) is 10.0. The van der Waals surface area contributed by atoms with Gasteiger partial charge in [-0.15, -0.1) is 0 Å². The molecule has 0 aliphatic heterocycles. The van der Waals surface area contributed by atoms with Crippen molar-refractivity contribution < 1.29 is 4.79 Å². The largest absolute Gasteiger partial charge is 0.349 e. The number of benzene rings is 2. The third-order valence-corrected chi connectivity index (χ3v) is 5.97. The molecule has 2 heterocycles. The summed E-state index contributed by atoms with van der Waals surface area (Å²) in [6, 6.07) is 13.5. The Hall–Kier alpha value is -3.35. The summed E-state index contributed by atoms with van der Waals surface area (Å²) >= 11 is 0. The number of aromatic nitrogens is 4. The zero-order chi connectivity index (χ0) is 20.0. The first-order chi connectivity index (χ1) is 14.1. The summed E-state index contributed by atoms with van der Waals surface area (Å²) in [5.41, 5.74) is 3.88. The molecule has 5 rings (SSSR count). The van der Waals surface area contributed by atoms with Crippen molar-refractivity contribution in [1.82, 2.24) is 24.8 Å². The SMILES string of the molecule is Cn1c(=O)[nH]c2cc(C(=O)NC3CCCC(c4nc5ccccc5[nH]4)C3)ccc21. The molecule has 0 saturated heterocycles. The average molecular weight is 389 g/mol. The van der Waals surface area contributed by atoms with Gasteiger partial charge in [-0.25, -0.2) is 9.78 Å². The lowest BCUT2D eigenvalue weighted by Gasteiger charge is -2.28. The van der Waals surface area contributed by atoms with E-state index in [1.807, 2.05) is 24.3 Å². The molecule has 7 heteroatoms. The Bertz CT molecular complexity index is 1230. The maximum absolute atomic E-state index is 12.8. The van der Waals surface area contributed by atoms with Crippen molar-refractivity contribution in [1.29, 1.82) is 0 Å². The van der Waals surface area contributed by atoms with E-state index < -0.39 is 0 Å². The summed E-state index contributed by atoms with van der Waals surface area (Å²) in [7, 11) is 1.71. The van der Waals surface area contributed by atoms with Crippen LogP contribution in [0, 0.1) is 0 Å². The second-order valence-electron chi connectivity index (χ2n) is 7.89. The molecule has 7 nitrogen and oxygen atoms in total. The number of amides is 1. The van der Waals surface area contributed by atoms with Gasteiger partial charge in [-0.1, -0.05) is 18.6 Å². The van der Waals surface area contributed by atoms with E-state index in [4.69, 9.17) is 4.98 Å². The van der Waals surface area contributed by atoms with Crippen molar-refractivity contribution in [2.75, 3.05) is 0 Å². The van der Waals surface area contributed by atoms with Gasteiger partial charge in [-0.05, 0) is 49.6 Å². The first kappa shape index (κ1) is 17.7. The summed E-state index contributed by atoms with van der Waals surface area (Å²) < 4.78 is 1.54. The molecule has 2 aromatic carbocycles. The molecule has 1 aliphatic rings. The predicted molar refractivity (Wildman–Crippen MR) is 112 cm³/mol. The number of aryl methyl sites for hydroxylation is 1. The van der Waals surface area contributed by atoms with E-state index in [9.17, 15) is 9.59 Å². The van der Waals surface area contributed by atoms with Crippen molar-refractivity contribution in [2.24, 2.45) is 7.05 Å². The molecule has 1 fully saturated rings. The van der Waals surface area contributed by atoms with E-state index in [1.165, 1.54) is 4.57 Å². The first-order valence-electron chi connectivity index (χ1n) is 10.0. The molecule has 4 aromatic rings. The summed E-state index contributed by atoms with van der Waals surface area (Å²) in [6.45, 7) is 0. The Morgan fingerprint density at radius 2 is 2.00 bits per heavy atom. The number of rotatable bonds is 3. The van der Waals surface area contributed by atoms with Crippen molar-refractivity contribution >= 4 is 28.0 Å². The molecule has 1 aliphatic carbocycles. The minimum atomic E-state index is -0.182. The number of hydrogen-bond acceptors (Lipinski definition) is 3. The lowest BCUT2D eigenvalue weighted by Crippen LogP contribution is -2.38. The van der Waals surface area contributed by atoms with Crippen LogP contribution in [0.4, 0.5) is 0 Å². The molecular weight excluding hydrogens is 366 g/mol. The van der Waals surface area contributed by atoms with Crippen LogP contribution in [0.25, 0.3) is 22.1 Å². The van der Waals surface area contributed by atoms with Gasteiger partial charge in [0.15, 0.2) is 0 Å². The van der Waals surface area contributed by atoms with E-state index in [0.717, 1.165) is 48.1 Å². The minimum absolute atomic E-state index is 0.105. The summed E-state index contributed by atoms with van der Waals surface area (Å²) in [4.78, 5) is 35.5. The Morgan fingerprint density at radius 1 is 1.14 bits per heavy atom. The molecule has 2 unspecified atom stereocenters. The molecule has 0 spiro atoms. The van der Waals surface area contributed by atoms with Crippen LogP contribution < -0.4 is 11.0 Å². The minimum Gasteiger partial charge on any atom is -0.349 e. The zero-order valence-electron chi connectivity index (χ0n) is 16.2. The molecule has 0 radical (unpaired) electrons. The smallest absolute Gasteiger partial charge is 0.326 e. The number of aromatic amines is 2. The number of nitrogens with one attached hydrogen (secondary N) is 3. The van der Waals surface area contributed by atoms with E-state index in [-0.39, 0.29) is 17.6 Å². The molecule has 0 bridgehead atoms. The van der Waals surface area contributed by atoms with Gasteiger partial charge in [0.2, 0.25) is 0 Å². The van der Waals surface area contributed by atoms with Crippen LogP contribution in [0.15, 0.2) is 47.3 Å². The number of hydrogen-bond donors (Lipinski definition) is 3. The molecule has 29 heavy (non-hydrogen) atoms. The highest BCUT2D eigenvalue weighted by atomic mass is 16.2. The highest BCUT2D eigenvalue weighted by Crippen LogP contribution is 2.32. The van der Waals surface area contributed by atoms with Crippen LogP contribution in [0.3, 0.4) is 0 Å². The van der Waals surface area contributed by atoms with Crippen LogP contribution in [-0.4, -0.2) is 31.5 Å². The van der Waals surface area contributed by atoms with E-state index in [0.29, 0.717) is 17.0 Å². The molecule has 3 N–H and O–H groups in total. The van der Waals surface area contributed by atoms with Gasteiger partial charge in [0.25, 0.3) is 5.91 Å². The van der Waals surface area contributed by atoms with Gasteiger partial charge >= 0.3 is 5.69 Å². The third-order valence-electron chi connectivity index (χ3n) is 5.97. The lowest BCUT2D eigenvalue weighted by molar-refractivity contribution is 0.0925. The fourth-order valence-electron chi connectivity index (χ4n) is 4.38. The quantitative estimate of drug-likeness (QED) is 0.502. The van der Waals surface area contributed by atoms with E-state index in [1.54, 1.807) is 25.2 Å². The van der Waals surface area contributed by atoms with E-state index in [2.05, 4.69) is 15.3 Å². The third kappa shape index (κ3) is 3.22. The van der Waals surface area contributed by atoms with E-state index >= 15 is 0 Å². The highest BCUT2D eigenvalue weighted by Gasteiger charge is 2.27. The van der Waals surface area contributed by atoms with Gasteiger partial charge in [-0.3, -0.25) is 9.36 Å². The number of fused-ring (bicyclic) bond motifs is 2. The highest BCUT2D eigenvalue weighted by molar-refractivity contribution is 5.97.